The van der Waals surface area contributed by atoms with Crippen LogP contribution in [-0.4, -0.2) is 32.3 Å². The standard InChI is InChI=1S/C23H21N3O3/c1-15(27)26-17(13-12-16-8-4-3-5-9-16)14-19(24-26)21-22(28)18-10-6-7-11-20(18)25(2)23(21)29/h3-13,17,28H,14H2,1-2H3/t17-/m1/s1. The molecule has 1 aliphatic rings. The second-order valence-electron chi connectivity index (χ2n) is 7.06. The van der Waals surface area contributed by atoms with E-state index in [9.17, 15) is 14.7 Å². The van der Waals surface area contributed by atoms with Gasteiger partial charge in [0.1, 0.15) is 11.3 Å². The fraction of sp³-hybridized carbons (Fsp3) is 0.174. The summed E-state index contributed by atoms with van der Waals surface area (Å²) in [6.07, 6.45) is 4.18. The molecular formula is C23H21N3O3. The van der Waals surface area contributed by atoms with Gasteiger partial charge in [-0.2, -0.15) is 5.10 Å². The molecule has 0 radical (unpaired) electrons. The summed E-state index contributed by atoms with van der Waals surface area (Å²) in [5.74, 6) is -0.321. The van der Waals surface area contributed by atoms with E-state index in [1.165, 1.54) is 16.5 Å². The van der Waals surface area contributed by atoms with Crippen LogP contribution in [0.15, 0.2) is 70.6 Å². The molecule has 0 bridgehead atoms. The number of rotatable bonds is 3. The minimum Gasteiger partial charge on any atom is -0.506 e. The molecule has 0 unspecified atom stereocenters. The van der Waals surface area contributed by atoms with Crippen LogP contribution in [0.1, 0.15) is 24.5 Å². The molecule has 0 aliphatic carbocycles. The highest BCUT2D eigenvalue weighted by Gasteiger charge is 2.31. The van der Waals surface area contributed by atoms with Crippen LogP contribution in [0.4, 0.5) is 0 Å². The number of hydrazone groups is 1. The quantitative estimate of drug-likeness (QED) is 0.749. The van der Waals surface area contributed by atoms with Crippen LogP contribution in [-0.2, 0) is 11.8 Å². The van der Waals surface area contributed by atoms with Crippen molar-refractivity contribution in [1.29, 1.82) is 0 Å². The van der Waals surface area contributed by atoms with E-state index in [0.29, 0.717) is 23.0 Å². The summed E-state index contributed by atoms with van der Waals surface area (Å²) in [5, 5.41) is 17.2. The fourth-order valence-corrected chi connectivity index (χ4v) is 3.66. The van der Waals surface area contributed by atoms with Crippen LogP contribution in [0.3, 0.4) is 0 Å². The zero-order chi connectivity index (χ0) is 20.5. The minimum atomic E-state index is -0.337. The second-order valence-corrected chi connectivity index (χ2v) is 7.06. The number of aromatic hydroxyl groups is 1. The lowest BCUT2D eigenvalue weighted by atomic mass is 10.0. The summed E-state index contributed by atoms with van der Waals surface area (Å²) in [6.45, 7) is 1.44. The summed E-state index contributed by atoms with van der Waals surface area (Å²) >= 11 is 0. The van der Waals surface area contributed by atoms with Crippen molar-refractivity contribution in [2.75, 3.05) is 0 Å². The van der Waals surface area contributed by atoms with E-state index in [2.05, 4.69) is 5.10 Å². The number of hydrogen-bond acceptors (Lipinski definition) is 4. The van der Waals surface area contributed by atoms with Crippen LogP contribution in [0, 0.1) is 0 Å². The molecule has 0 fully saturated rings. The van der Waals surface area contributed by atoms with Gasteiger partial charge in [-0.05, 0) is 17.7 Å². The first-order valence-electron chi connectivity index (χ1n) is 9.39. The molecule has 1 aliphatic heterocycles. The number of carbonyl (C=O) groups is 1. The highest BCUT2D eigenvalue weighted by atomic mass is 16.3. The second kappa shape index (κ2) is 7.39. The monoisotopic (exact) mass is 387 g/mol. The molecule has 0 spiro atoms. The van der Waals surface area contributed by atoms with E-state index in [-0.39, 0.29) is 28.8 Å². The molecule has 6 heteroatoms. The predicted molar refractivity (Wildman–Crippen MR) is 114 cm³/mol. The molecule has 1 atom stereocenters. The fourth-order valence-electron chi connectivity index (χ4n) is 3.66. The maximum atomic E-state index is 13.0. The highest BCUT2D eigenvalue weighted by Crippen LogP contribution is 2.30. The lowest BCUT2D eigenvalue weighted by molar-refractivity contribution is -0.129. The Labute approximate surface area is 168 Å². The van der Waals surface area contributed by atoms with E-state index >= 15 is 0 Å². The molecule has 29 heavy (non-hydrogen) atoms. The Balaban J connectivity index is 1.76. The molecule has 6 nitrogen and oxygen atoms in total. The molecule has 1 N–H and O–H groups in total. The van der Waals surface area contributed by atoms with E-state index in [1.807, 2.05) is 48.6 Å². The first-order valence-corrected chi connectivity index (χ1v) is 9.39. The van der Waals surface area contributed by atoms with Gasteiger partial charge in [0, 0.05) is 25.8 Å². The summed E-state index contributed by atoms with van der Waals surface area (Å²) in [6, 6.07) is 16.6. The van der Waals surface area contributed by atoms with Gasteiger partial charge in [-0.3, -0.25) is 9.59 Å². The number of fused-ring (bicyclic) bond motifs is 1. The highest BCUT2D eigenvalue weighted by molar-refractivity contribution is 6.08. The molecule has 1 aromatic heterocycles. The lowest BCUT2D eigenvalue weighted by Gasteiger charge is -2.16. The molecule has 1 amide bonds. The van der Waals surface area contributed by atoms with Crippen molar-refractivity contribution in [1.82, 2.24) is 9.58 Å². The van der Waals surface area contributed by atoms with E-state index in [4.69, 9.17) is 0 Å². The van der Waals surface area contributed by atoms with Crippen molar-refractivity contribution in [2.45, 2.75) is 19.4 Å². The molecule has 146 valence electrons. The third kappa shape index (κ3) is 3.33. The number of nitrogens with zero attached hydrogens (tertiary/aromatic N) is 3. The van der Waals surface area contributed by atoms with Gasteiger partial charge < -0.3 is 9.67 Å². The number of benzene rings is 2. The normalized spacial score (nSPS) is 16.6. The Hall–Kier alpha value is -3.67. The van der Waals surface area contributed by atoms with E-state index < -0.39 is 0 Å². The zero-order valence-corrected chi connectivity index (χ0v) is 16.2. The van der Waals surface area contributed by atoms with Crippen LogP contribution in [0.2, 0.25) is 0 Å². The number of amides is 1. The maximum absolute atomic E-state index is 13.0. The summed E-state index contributed by atoms with van der Waals surface area (Å²) in [7, 11) is 1.67. The molecular weight excluding hydrogens is 366 g/mol. The number of pyridine rings is 1. The van der Waals surface area contributed by atoms with Gasteiger partial charge in [0.05, 0.1) is 17.3 Å². The molecule has 0 saturated heterocycles. The maximum Gasteiger partial charge on any atom is 0.263 e. The SMILES string of the molecule is CC(=O)N1N=C(c2c(O)c3ccccc3n(C)c2=O)C[C@H]1C=Cc1ccccc1. The zero-order valence-electron chi connectivity index (χ0n) is 16.2. The van der Waals surface area contributed by atoms with Crippen molar-refractivity contribution < 1.29 is 9.90 Å². The Bertz CT molecular complexity index is 1210. The lowest BCUT2D eigenvalue weighted by Crippen LogP contribution is -2.29. The summed E-state index contributed by atoms with van der Waals surface area (Å²) in [4.78, 5) is 25.1. The number of aryl methyl sites for hydroxylation is 1. The first-order chi connectivity index (χ1) is 14.0. The van der Waals surface area contributed by atoms with E-state index in [1.54, 1.807) is 25.2 Å². The van der Waals surface area contributed by atoms with Crippen LogP contribution < -0.4 is 5.56 Å². The average molecular weight is 387 g/mol. The van der Waals surface area contributed by atoms with Gasteiger partial charge in [0.2, 0.25) is 5.91 Å². The van der Waals surface area contributed by atoms with Crippen LogP contribution >= 0.6 is 0 Å². The topological polar surface area (TPSA) is 74.9 Å². The molecule has 2 aromatic carbocycles. The Morgan fingerprint density at radius 1 is 1.14 bits per heavy atom. The largest absolute Gasteiger partial charge is 0.506 e. The van der Waals surface area contributed by atoms with Gasteiger partial charge in [0.25, 0.3) is 5.56 Å². The van der Waals surface area contributed by atoms with Crippen LogP contribution in [0.5, 0.6) is 5.75 Å². The smallest absolute Gasteiger partial charge is 0.263 e. The van der Waals surface area contributed by atoms with Gasteiger partial charge in [-0.25, -0.2) is 5.01 Å². The molecule has 0 saturated carbocycles. The van der Waals surface area contributed by atoms with Crippen molar-refractivity contribution >= 4 is 28.6 Å². The van der Waals surface area contributed by atoms with Gasteiger partial charge >= 0.3 is 0 Å². The first kappa shape index (κ1) is 18.7. The number of aromatic nitrogens is 1. The number of carbonyl (C=O) groups excluding carboxylic acids is 1. The molecule has 4 rings (SSSR count). The Kier molecular flexibility index (Phi) is 4.76. The Morgan fingerprint density at radius 3 is 2.55 bits per heavy atom. The predicted octanol–water partition coefficient (Wildman–Crippen LogP) is 3.28. The van der Waals surface area contributed by atoms with Gasteiger partial charge in [-0.1, -0.05) is 54.6 Å². The van der Waals surface area contributed by atoms with Gasteiger partial charge in [0.15, 0.2) is 0 Å². The van der Waals surface area contributed by atoms with Crippen molar-refractivity contribution in [3.63, 3.8) is 0 Å². The average Bonchev–Trinajstić information content (AvgIpc) is 3.16. The third-order valence-corrected chi connectivity index (χ3v) is 5.14. The van der Waals surface area contributed by atoms with Crippen molar-refractivity contribution in [3.05, 3.63) is 82.2 Å². The van der Waals surface area contributed by atoms with E-state index in [0.717, 1.165) is 5.56 Å². The van der Waals surface area contributed by atoms with Gasteiger partial charge in [-0.15, -0.1) is 0 Å². The van der Waals surface area contributed by atoms with Crippen molar-refractivity contribution in [2.24, 2.45) is 12.1 Å². The number of para-hydroxylation sites is 1. The molecule has 2 heterocycles. The van der Waals surface area contributed by atoms with Crippen LogP contribution in [0.25, 0.3) is 17.0 Å². The third-order valence-electron chi connectivity index (χ3n) is 5.14. The minimum absolute atomic E-state index is 0.0985. The van der Waals surface area contributed by atoms with Crippen molar-refractivity contribution in [3.8, 4) is 5.75 Å². The summed E-state index contributed by atoms with van der Waals surface area (Å²) < 4.78 is 1.50. The number of hydrogen-bond donors (Lipinski definition) is 1. The molecule has 3 aromatic rings. The summed E-state index contributed by atoms with van der Waals surface area (Å²) in [5.41, 5.74) is 1.87. The Morgan fingerprint density at radius 2 is 1.83 bits per heavy atom.